The van der Waals surface area contributed by atoms with Crippen LogP contribution in [-0.2, 0) is 22.3 Å². The van der Waals surface area contributed by atoms with Gasteiger partial charge in [-0.15, -0.1) is 0 Å². The minimum Gasteiger partial charge on any atom is -0.381 e. The first-order valence-electron chi connectivity index (χ1n) is 16.3. The SMILES string of the molecule is CCc1cnc2ccc(C(=O)C3CCC(OC)CC3)cc2c1.CCc1cnc2ccc(C(=O)C3CCC(OC)CC3)cc2c1. The minimum absolute atomic E-state index is 0.145. The van der Waals surface area contributed by atoms with Crippen molar-refractivity contribution in [3.63, 3.8) is 0 Å². The Morgan fingerprint density at radius 3 is 1.34 bits per heavy atom. The van der Waals surface area contributed by atoms with Crippen LogP contribution in [0.25, 0.3) is 21.8 Å². The van der Waals surface area contributed by atoms with Crippen LogP contribution < -0.4 is 0 Å². The summed E-state index contributed by atoms with van der Waals surface area (Å²) in [4.78, 5) is 34.4. The van der Waals surface area contributed by atoms with Crippen molar-refractivity contribution in [3.8, 4) is 0 Å². The Morgan fingerprint density at radius 1 is 0.614 bits per heavy atom. The zero-order chi connectivity index (χ0) is 31.1. The van der Waals surface area contributed by atoms with Gasteiger partial charge in [-0.25, -0.2) is 0 Å². The number of methoxy groups -OCH3 is 2. The third kappa shape index (κ3) is 7.59. The number of hydrogen-bond acceptors (Lipinski definition) is 6. The number of pyridine rings is 2. The fourth-order valence-corrected chi connectivity index (χ4v) is 6.64. The molecule has 0 amide bonds. The summed E-state index contributed by atoms with van der Waals surface area (Å²) in [7, 11) is 3.52. The number of aryl methyl sites for hydroxylation is 2. The van der Waals surface area contributed by atoms with Crippen LogP contribution in [0.1, 0.15) is 97.1 Å². The standard InChI is InChI=1S/2C19H23NO2/c2*1-3-13-10-16-11-15(6-9-18(16)20-12-13)19(21)14-4-7-17(22-2)8-5-14/h2*6,9-12,14,17H,3-5,7-8H2,1-2H3. The van der Waals surface area contributed by atoms with Crippen molar-refractivity contribution in [2.45, 2.75) is 90.3 Å². The van der Waals surface area contributed by atoms with Gasteiger partial charge in [-0.3, -0.25) is 19.6 Å². The first-order chi connectivity index (χ1) is 21.4. The van der Waals surface area contributed by atoms with Crippen LogP contribution in [0.2, 0.25) is 0 Å². The zero-order valence-electron chi connectivity index (χ0n) is 26.7. The number of rotatable bonds is 8. The maximum Gasteiger partial charge on any atom is 0.165 e. The number of carbonyl (C=O) groups is 2. The van der Waals surface area contributed by atoms with Crippen LogP contribution in [0.3, 0.4) is 0 Å². The van der Waals surface area contributed by atoms with Crippen molar-refractivity contribution in [3.05, 3.63) is 83.2 Å². The Hall–Kier alpha value is -3.48. The van der Waals surface area contributed by atoms with E-state index < -0.39 is 0 Å². The monoisotopic (exact) mass is 594 g/mol. The molecule has 6 nitrogen and oxygen atoms in total. The van der Waals surface area contributed by atoms with Gasteiger partial charge in [-0.2, -0.15) is 0 Å². The molecular weight excluding hydrogens is 548 g/mol. The predicted octanol–water partition coefficient (Wildman–Crippen LogP) is 8.37. The van der Waals surface area contributed by atoms with Crippen molar-refractivity contribution >= 4 is 33.4 Å². The average Bonchev–Trinajstić information content (AvgIpc) is 3.10. The van der Waals surface area contributed by atoms with E-state index in [2.05, 4.69) is 35.9 Å². The second kappa shape index (κ2) is 15.0. The maximum atomic E-state index is 12.7. The van der Waals surface area contributed by atoms with Crippen LogP contribution in [0.5, 0.6) is 0 Å². The molecule has 2 aromatic carbocycles. The van der Waals surface area contributed by atoms with Crippen molar-refractivity contribution in [1.29, 1.82) is 0 Å². The molecule has 6 rings (SSSR count). The average molecular weight is 595 g/mol. The zero-order valence-corrected chi connectivity index (χ0v) is 26.7. The van der Waals surface area contributed by atoms with Crippen molar-refractivity contribution < 1.29 is 19.1 Å². The molecule has 0 bridgehead atoms. The molecule has 0 spiro atoms. The molecule has 2 saturated carbocycles. The molecule has 2 heterocycles. The highest BCUT2D eigenvalue weighted by atomic mass is 16.5. The number of carbonyl (C=O) groups excluding carboxylic acids is 2. The van der Waals surface area contributed by atoms with E-state index in [0.717, 1.165) is 97.1 Å². The predicted molar refractivity (Wildman–Crippen MR) is 176 cm³/mol. The molecule has 0 aliphatic heterocycles. The number of fused-ring (bicyclic) bond motifs is 2. The summed E-state index contributed by atoms with van der Waals surface area (Å²) in [6, 6.07) is 16.1. The molecule has 0 atom stereocenters. The van der Waals surface area contributed by atoms with Gasteiger partial charge >= 0.3 is 0 Å². The Kier molecular flexibility index (Phi) is 10.9. The molecule has 0 saturated heterocycles. The lowest BCUT2D eigenvalue weighted by Crippen LogP contribution is -2.25. The molecule has 2 aliphatic rings. The highest BCUT2D eigenvalue weighted by Gasteiger charge is 2.28. The summed E-state index contributed by atoms with van der Waals surface area (Å²) in [6.45, 7) is 4.23. The number of ether oxygens (including phenoxy) is 2. The van der Waals surface area contributed by atoms with Crippen LogP contribution in [0.4, 0.5) is 0 Å². The first-order valence-corrected chi connectivity index (χ1v) is 16.3. The second-order valence-corrected chi connectivity index (χ2v) is 12.4. The molecule has 2 aromatic heterocycles. The molecule has 2 aliphatic carbocycles. The first kappa shape index (κ1) is 31.9. The normalized spacial score (nSPS) is 21.9. The fourth-order valence-electron chi connectivity index (χ4n) is 6.64. The summed E-state index contributed by atoms with van der Waals surface area (Å²) >= 11 is 0. The lowest BCUT2D eigenvalue weighted by molar-refractivity contribution is 0.0515. The Bertz CT molecular complexity index is 1460. The van der Waals surface area contributed by atoms with Gasteiger partial charge in [-0.1, -0.05) is 13.8 Å². The number of nitrogens with zero attached hydrogens (tertiary/aromatic N) is 2. The molecular formula is C38H46N2O4. The summed E-state index contributed by atoms with van der Waals surface area (Å²) < 4.78 is 10.8. The summed E-state index contributed by atoms with van der Waals surface area (Å²) in [5.74, 6) is 0.842. The van der Waals surface area contributed by atoms with E-state index in [1.807, 2.05) is 48.8 Å². The van der Waals surface area contributed by atoms with Crippen molar-refractivity contribution in [2.75, 3.05) is 14.2 Å². The van der Waals surface area contributed by atoms with E-state index in [0.29, 0.717) is 12.2 Å². The second-order valence-electron chi connectivity index (χ2n) is 12.4. The van der Waals surface area contributed by atoms with E-state index in [1.54, 1.807) is 14.2 Å². The van der Waals surface area contributed by atoms with Crippen LogP contribution in [-0.4, -0.2) is 48.0 Å². The molecule has 0 unspecified atom stereocenters. The van der Waals surface area contributed by atoms with Gasteiger partial charge in [0.15, 0.2) is 11.6 Å². The number of benzene rings is 2. The lowest BCUT2D eigenvalue weighted by Gasteiger charge is -2.26. The Balaban J connectivity index is 0.000000175. The number of ketones is 2. The van der Waals surface area contributed by atoms with Gasteiger partial charge in [0.25, 0.3) is 0 Å². The summed E-state index contributed by atoms with van der Waals surface area (Å²) in [5, 5.41) is 2.13. The number of Topliss-reactive ketones (excluding diaryl/α,β-unsaturated/α-hetero) is 2. The van der Waals surface area contributed by atoms with Gasteiger partial charge in [-0.05, 0) is 124 Å². The third-order valence-electron chi connectivity index (χ3n) is 9.62. The van der Waals surface area contributed by atoms with Crippen LogP contribution >= 0.6 is 0 Å². The number of aromatic nitrogens is 2. The van der Waals surface area contributed by atoms with Crippen molar-refractivity contribution in [1.82, 2.24) is 9.97 Å². The van der Waals surface area contributed by atoms with E-state index in [1.165, 1.54) is 11.1 Å². The van der Waals surface area contributed by atoms with Crippen LogP contribution in [0, 0.1) is 11.8 Å². The van der Waals surface area contributed by atoms with Gasteiger partial charge in [0.1, 0.15) is 0 Å². The topological polar surface area (TPSA) is 78.4 Å². The van der Waals surface area contributed by atoms with Gasteiger partial charge in [0.2, 0.25) is 0 Å². The molecule has 44 heavy (non-hydrogen) atoms. The smallest absolute Gasteiger partial charge is 0.165 e. The highest BCUT2D eigenvalue weighted by Crippen LogP contribution is 2.31. The fraction of sp³-hybridized carbons (Fsp3) is 0.474. The lowest BCUT2D eigenvalue weighted by atomic mass is 9.82. The quantitative estimate of drug-likeness (QED) is 0.191. The van der Waals surface area contributed by atoms with Crippen molar-refractivity contribution in [2.24, 2.45) is 11.8 Å². The number of hydrogen-bond donors (Lipinski definition) is 0. The third-order valence-corrected chi connectivity index (χ3v) is 9.62. The summed E-state index contributed by atoms with van der Waals surface area (Å²) in [5.41, 5.74) is 5.97. The molecule has 0 N–H and O–H groups in total. The largest absolute Gasteiger partial charge is 0.381 e. The highest BCUT2D eigenvalue weighted by molar-refractivity contribution is 6.01. The molecule has 2 fully saturated rings. The van der Waals surface area contributed by atoms with E-state index in [-0.39, 0.29) is 23.4 Å². The molecule has 4 aromatic rings. The van der Waals surface area contributed by atoms with E-state index in [4.69, 9.17) is 9.47 Å². The van der Waals surface area contributed by atoms with E-state index in [9.17, 15) is 9.59 Å². The molecule has 6 heteroatoms. The molecule has 232 valence electrons. The van der Waals surface area contributed by atoms with Crippen LogP contribution in [0.15, 0.2) is 60.9 Å². The Morgan fingerprint density at radius 2 is 1.00 bits per heavy atom. The van der Waals surface area contributed by atoms with E-state index >= 15 is 0 Å². The van der Waals surface area contributed by atoms with Gasteiger partial charge in [0.05, 0.1) is 23.2 Å². The Labute approximate surface area is 261 Å². The molecule has 0 radical (unpaired) electrons. The van der Waals surface area contributed by atoms with Gasteiger partial charge < -0.3 is 9.47 Å². The summed E-state index contributed by atoms with van der Waals surface area (Å²) in [6.07, 6.45) is 14.1. The maximum absolute atomic E-state index is 12.7. The van der Waals surface area contributed by atoms with Gasteiger partial charge in [0, 0.05) is 60.3 Å². The minimum atomic E-state index is 0.145.